The molecular formula is C19H15N3O. The Morgan fingerprint density at radius 2 is 2.22 bits per heavy atom. The van der Waals surface area contributed by atoms with Crippen molar-refractivity contribution in [2.45, 2.75) is 19.4 Å². The van der Waals surface area contributed by atoms with E-state index in [9.17, 15) is 5.26 Å². The summed E-state index contributed by atoms with van der Waals surface area (Å²) in [6.45, 7) is 2.06. The summed E-state index contributed by atoms with van der Waals surface area (Å²) >= 11 is 0. The van der Waals surface area contributed by atoms with Crippen molar-refractivity contribution in [1.29, 1.82) is 5.26 Å². The standard InChI is InChI=1S/C19H15N3O/c1-12-8-14-9-13(6-7-18(14)23-12)10-15(11-20)19-21-16-4-2-3-5-17(16)22-19/h2-7,9-10,12H,8H2,1H3,(H,21,22)/b15-10-/t12-/m0/s1. The topological polar surface area (TPSA) is 61.7 Å². The molecule has 0 radical (unpaired) electrons. The minimum Gasteiger partial charge on any atom is -0.490 e. The number of imidazole rings is 1. The normalized spacial score (nSPS) is 16.9. The summed E-state index contributed by atoms with van der Waals surface area (Å²) in [7, 11) is 0. The van der Waals surface area contributed by atoms with Crippen molar-refractivity contribution in [2.75, 3.05) is 0 Å². The van der Waals surface area contributed by atoms with Crippen LogP contribution in [0.1, 0.15) is 23.9 Å². The molecule has 2 aromatic carbocycles. The zero-order valence-electron chi connectivity index (χ0n) is 12.7. The highest BCUT2D eigenvalue weighted by molar-refractivity contribution is 5.90. The second kappa shape index (κ2) is 5.29. The zero-order valence-corrected chi connectivity index (χ0v) is 12.7. The van der Waals surface area contributed by atoms with Gasteiger partial charge in [-0.25, -0.2) is 4.98 Å². The molecular weight excluding hydrogens is 286 g/mol. The van der Waals surface area contributed by atoms with E-state index in [0.29, 0.717) is 11.4 Å². The van der Waals surface area contributed by atoms with E-state index >= 15 is 0 Å². The Morgan fingerprint density at radius 1 is 1.35 bits per heavy atom. The Hall–Kier alpha value is -3.06. The van der Waals surface area contributed by atoms with Crippen LogP contribution < -0.4 is 4.74 Å². The molecule has 1 aromatic heterocycles. The molecule has 0 spiro atoms. The highest BCUT2D eigenvalue weighted by atomic mass is 16.5. The van der Waals surface area contributed by atoms with E-state index in [1.807, 2.05) is 42.5 Å². The van der Waals surface area contributed by atoms with E-state index in [1.54, 1.807) is 0 Å². The predicted molar refractivity (Wildman–Crippen MR) is 89.8 cm³/mol. The van der Waals surface area contributed by atoms with Gasteiger partial charge in [-0.15, -0.1) is 0 Å². The summed E-state index contributed by atoms with van der Waals surface area (Å²) in [6, 6.07) is 16.0. The molecule has 1 aliphatic rings. The number of nitrogens with zero attached hydrogens (tertiary/aromatic N) is 2. The first-order chi connectivity index (χ1) is 11.2. The van der Waals surface area contributed by atoms with E-state index in [1.165, 1.54) is 5.56 Å². The van der Waals surface area contributed by atoms with Crippen molar-refractivity contribution in [3.8, 4) is 11.8 Å². The minimum atomic E-state index is 0.218. The summed E-state index contributed by atoms with van der Waals surface area (Å²) < 4.78 is 5.71. The third kappa shape index (κ3) is 2.47. The molecule has 0 saturated carbocycles. The highest BCUT2D eigenvalue weighted by Gasteiger charge is 2.18. The van der Waals surface area contributed by atoms with Gasteiger partial charge in [-0.1, -0.05) is 18.2 Å². The van der Waals surface area contributed by atoms with E-state index in [2.05, 4.69) is 29.0 Å². The number of hydrogen-bond donors (Lipinski definition) is 1. The molecule has 2 heterocycles. The minimum absolute atomic E-state index is 0.218. The maximum absolute atomic E-state index is 9.50. The molecule has 0 unspecified atom stereocenters. The molecule has 0 amide bonds. The molecule has 3 aromatic rings. The van der Waals surface area contributed by atoms with Crippen LogP contribution in [0.3, 0.4) is 0 Å². The van der Waals surface area contributed by atoms with Crippen molar-refractivity contribution >= 4 is 22.7 Å². The second-order valence-electron chi connectivity index (χ2n) is 5.77. The van der Waals surface area contributed by atoms with E-state index in [-0.39, 0.29) is 6.10 Å². The number of nitrogens with one attached hydrogen (secondary N) is 1. The highest BCUT2D eigenvalue weighted by Crippen LogP contribution is 2.30. The second-order valence-corrected chi connectivity index (χ2v) is 5.77. The van der Waals surface area contributed by atoms with E-state index < -0.39 is 0 Å². The molecule has 4 heteroatoms. The number of nitriles is 1. The molecule has 1 N–H and O–H groups in total. The SMILES string of the molecule is C[C@H]1Cc2cc(/C=C(/C#N)c3nc4ccccc4[nH]3)ccc2O1. The van der Waals surface area contributed by atoms with Crippen molar-refractivity contribution < 1.29 is 4.74 Å². The Labute approximate surface area is 134 Å². The number of allylic oxidation sites excluding steroid dienone is 1. The van der Waals surface area contributed by atoms with E-state index in [4.69, 9.17) is 4.74 Å². The molecule has 4 nitrogen and oxygen atoms in total. The molecule has 0 fully saturated rings. The van der Waals surface area contributed by atoms with Crippen LogP contribution in [0.4, 0.5) is 0 Å². The fourth-order valence-corrected chi connectivity index (χ4v) is 2.93. The average molecular weight is 301 g/mol. The fourth-order valence-electron chi connectivity index (χ4n) is 2.93. The number of hydrogen-bond acceptors (Lipinski definition) is 3. The number of ether oxygens (including phenoxy) is 1. The summed E-state index contributed by atoms with van der Waals surface area (Å²) in [5.41, 5.74) is 4.49. The number of rotatable bonds is 2. The molecule has 1 atom stereocenters. The van der Waals surface area contributed by atoms with Crippen LogP contribution in [0.2, 0.25) is 0 Å². The van der Waals surface area contributed by atoms with Crippen LogP contribution in [-0.2, 0) is 6.42 Å². The van der Waals surface area contributed by atoms with Crippen molar-refractivity contribution in [3.63, 3.8) is 0 Å². The van der Waals surface area contributed by atoms with Crippen LogP contribution in [0.5, 0.6) is 5.75 Å². The lowest BCUT2D eigenvalue weighted by atomic mass is 10.0. The van der Waals surface area contributed by atoms with Crippen LogP contribution in [0.15, 0.2) is 42.5 Å². The first-order valence-electron chi connectivity index (χ1n) is 7.59. The van der Waals surface area contributed by atoms with Gasteiger partial charge in [0.2, 0.25) is 0 Å². The maximum atomic E-state index is 9.50. The van der Waals surface area contributed by atoms with E-state index in [0.717, 1.165) is 28.8 Å². The lowest BCUT2D eigenvalue weighted by Gasteiger charge is -2.02. The first kappa shape index (κ1) is 13.6. The molecule has 1 aliphatic heterocycles. The van der Waals surface area contributed by atoms with Crippen LogP contribution >= 0.6 is 0 Å². The Kier molecular flexibility index (Phi) is 3.13. The third-order valence-electron chi connectivity index (χ3n) is 4.00. The zero-order chi connectivity index (χ0) is 15.8. The van der Waals surface area contributed by atoms with Gasteiger partial charge in [0.25, 0.3) is 0 Å². The van der Waals surface area contributed by atoms with Gasteiger partial charge in [0.15, 0.2) is 0 Å². The Morgan fingerprint density at radius 3 is 3.04 bits per heavy atom. The number of H-pyrrole nitrogens is 1. The van der Waals surface area contributed by atoms with Crippen LogP contribution in [0, 0.1) is 11.3 Å². The molecule has 0 saturated heterocycles. The first-order valence-corrected chi connectivity index (χ1v) is 7.59. The van der Waals surface area contributed by atoms with Crippen molar-refractivity contribution in [2.24, 2.45) is 0 Å². The lowest BCUT2D eigenvalue weighted by Crippen LogP contribution is -2.05. The maximum Gasteiger partial charge on any atom is 0.149 e. The van der Waals surface area contributed by atoms with Crippen LogP contribution in [0.25, 0.3) is 22.7 Å². The van der Waals surface area contributed by atoms with Gasteiger partial charge >= 0.3 is 0 Å². The Bertz CT molecular complexity index is 929. The number of benzene rings is 2. The average Bonchev–Trinajstić information content (AvgIpc) is 3.14. The number of aromatic amines is 1. The quantitative estimate of drug-likeness (QED) is 0.729. The smallest absolute Gasteiger partial charge is 0.149 e. The largest absolute Gasteiger partial charge is 0.490 e. The monoisotopic (exact) mass is 301 g/mol. The van der Waals surface area contributed by atoms with Gasteiger partial charge in [0.1, 0.15) is 23.7 Å². The molecule has 4 rings (SSSR count). The third-order valence-corrected chi connectivity index (χ3v) is 4.00. The van der Waals surface area contributed by atoms with Gasteiger partial charge in [-0.2, -0.15) is 5.26 Å². The molecule has 0 bridgehead atoms. The molecule has 23 heavy (non-hydrogen) atoms. The van der Waals surface area contributed by atoms with Gasteiger partial charge in [0.05, 0.1) is 16.6 Å². The van der Waals surface area contributed by atoms with Crippen LogP contribution in [-0.4, -0.2) is 16.1 Å². The van der Waals surface area contributed by atoms with Gasteiger partial charge in [-0.3, -0.25) is 0 Å². The summed E-state index contributed by atoms with van der Waals surface area (Å²) in [4.78, 5) is 7.69. The number of aromatic nitrogens is 2. The summed E-state index contributed by atoms with van der Waals surface area (Å²) in [6.07, 6.45) is 2.99. The van der Waals surface area contributed by atoms with Crippen molar-refractivity contribution in [1.82, 2.24) is 9.97 Å². The predicted octanol–water partition coefficient (Wildman–Crippen LogP) is 3.95. The van der Waals surface area contributed by atoms with Gasteiger partial charge in [-0.05, 0) is 48.4 Å². The number of para-hydroxylation sites is 2. The molecule has 0 aliphatic carbocycles. The summed E-state index contributed by atoms with van der Waals surface area (Å²) in [5, 5.41) is 9.50. The fraction of sp³-hybridized carbons (Fsp3) is 0.158. The van der Waals surface area contributed by atoms with Crippen molar-refractivity contribution in [3.05, 3.63) is 59.4 Å². The van der Waals surface area contributed by atoms with Gasteiger partial charge < -0.3 is 9.72 Å². The van der Waals surface area contributed by atoms with Gasteiger partial charge in [0, 0.05) is 6.42 Å². The lowest BCUT2D eigenvalue weighted by molar-refractivity contribution is 0.254. The Balaban J connectivity index is 1.74. The summed E-state index contributed by atoms with van der Waals surface area (Å²) in [5.74, 6) is 1.54. The number of fused-ring (bicyclic) bond motifs is 2. The molecule has 112 valence electrons.